The van der Waals surface area contributed by atoms with Crippen molar-refractivity contribution in [1.29, 1.82) is 0 Å². The molecule has 6 aliphatic rings. The van der Waals surface area contributed by atoms with Crippen molar-refractivity contribution in [2.75, 3.05) is 155 Å². The van der Waals surface area contributed by atoms with Crippen LogP contribution in [-0.2, 0) is 57.0 Å². The van der Waals surface area contributed by atoms with Gasteiger partial charge in [0, 0.05) is 86.2 Å². The molecule has 396 valence electrons. The molecule has 0 bridgehead atoms. The SMILES string of the molecule is C1CCNC1.C1COCCN1.C1COCCN1.CC(=O)OCCl.CC(=O)OCCl.CC(=O)OCCl.O=C(OCCl)N1CCCC1.O=C(OCCl)N1CCCCC1.O=C(OCCl)N1CCOCC1. The molecule has 3 N–H and O–H groups in total. The van der Waals surface area contributed by atoms with Crippen LogP contribution in [0.15, 0.2) is 0 Å². The van der Waals surface area contributed by atoms with Gasteiger partial charge in [0.2, 0.25) is 0 Å². The van der Waals surface area contributed by atoms with Crippen molar-refractivity contribution in [3.8, 4) is 0 Å². The summed E-state index contributed by atoms with van der Waals surface area (Å²) < 4.78 is 41.4. The Balaban J connectivity index is -0.000000699. The van der Waals surface area contributed by atoms with Crippen LogP contribution in [-0.4, -0.2) is 205 Å². The van der Waals surface area contributed by atoms with Gasteiger partial charge in [0.05, 0.1) is 39.6 Å². The zero-order valence-corrected chi connectivity index (χ0v) is 43.7. The first-order valence-electron chi connectivity index (χ1n) is 21.7. The highest BCUT2D eigenvalue weighted by Crippen LogP contribution is 2.10. The number of morpholine rings is 3. The first-order valence-corrected chi connectivity index (χ1v) is 24.9. The molecule has 6 saturated heterocycles. The lowest BCUT2D eigenvalue weighted by molar-refractivity contribution is -0.139. The summed E-state index contributed by atoms with van der Waals surface area (Å²) in [6.45, 7) is 19.7. The zero-order valence-electron chi connectivity index (χ0n) is 39.2. The standard InChI is InChI=1S/C7H12ClNO2.C6H10ClNO3.C6H10ClNO2.2C4H9NO.C4H9N.3C3H5ClO2/c8-6-11-7(10)9-4-2-1-3-5-9;7-5-11-6(9)8-1-3-10-4-2-8;7-5-10-6(9)8-3-1-2-4-8;2*1-3-6-4-2-5-1;1-2-4-5-3-1;3*1-3(5)6-2-4/h1-6H2;1-5H2;1-5H2;2*5H,1-4H2;5H,1-4H2;3*2H2,1H3. The summed E-state index contributed by atoms with van der Waals surface area (Å²) in [6.07, 6.45) is 7.39. The number of carbonyl (C=O) groups excluding carboxylic acids is 6. The van der Waals surface area contributed by atoms with Gasteiger partial charge in [0.15, 0.2) is 36.4 Å². The molecule has 6 aliphatic heterocycles. The number of rotatable bonds is 6. The highest BCUT2D eigenvalue weighted by molar-refractivity contribution is 6.18. The van der Waals surface area contributed by atoms with Gasteiger partial charge >= 0.3 is 36.2 Å². The molecule has 0 atom stereocenters. The van der Waals surface area contributed by atoms with E-state index >= 15 is 0 Å². The van der Waals surface area contributed by atoms with Crippen LogP contribution >= 0.6 is 69.6 Å². The Morgan fingerprint density at radius 1 is 0.358 bits per heavy atom. The Hall–Kier alpha value is -2.28. The van der Waals surface area contributed by atoms with Crippen LogP contribution in [0, 0.1) is 0 Å². The van der Waals surface area contributed by atoms with Crippen molar-refractivity contribution in [2.45, 2.75) is 65.7 Å². The minimum atomic E-state index is -0.358. The van der Waals surface area contributed by atoms with E-state index in [1.165, 1.54) is 53.1 Å². The van der Waals surface area contributed by atoms with Gasteiger partial charge in [-0.05, 0) is 58.0 Å². The average molecular weight is 1090 g/mol. The van der Waals surface area contributed by atoms with Crippen molar-refractivity contribution >= 4 is 106 Å². The van der Waals surface area contributed by atoms with Crippen LogP contribution in [0.4, 0.5) is 14.4 Å². The molecule has 0 aromatic carbocycles. The minimum Gasteiger partial charge on any atom is -0.450 e. The molecular formula is C40H74Cl6N6O15. The first-order chi connectivity index (χ1) is 32.3. The molecule has 0 aromatic heterocycles. The van der Waals surface area contributed by atoms with Crippen molar-refractivity contribution < 1.29 is 71.4 Å². The minimum absolute atomic E-state index is 0.0463. The summed E-state index contributed by atoms with van der Waals surface area (Å²) in [5.41, 5.74) is 0. The second-order valence-electron chi connectivity index (χ2n) is 13.3. The summed E-state index contributed by atoms with van der Waals surface area (Å²) in [5, 5.41) is 9.54. The topological polar surface area (TPSA) is 231 Å². The molecule has 6 heterocycles. The fraction of sp³-hybridized carbons (Fsp3) is 0.850. The summed E-state index contributed by atoms with van der Waals surface area (Å²) in [4.78, 5) is 67.0. The van der Waals surface area contributed by atoms with Gasteiger partial charge < -0.3 is 73.3 Å². The highest BCUT2D eigenvalue weighted by Gasteiger charge is 2.19. The number of carbonyl (C=O) groups is 6. The second-order valence-corrected chi connectivity index (χ2v) is 14.6. The maximum absolute atomic E-state index is 11.0. The summed E-state index contributed by atoms with van der Waals surface area (Å²) >= 11 is 30.5. The zero-order chi connectivity index (χ0) is 50.6. The van der Waals surface area contributed by atoms with E-state index in [-0.39, 0.29) is 72.6 Å². The summed E-state index contributed by atoms with van der Waals surface area (Å²) in [7, 11) is 0. The molecule has 0 aliphatic carbocycles. The normalized spacial score (nSPS) is 16.7. The predicted octanol–water partition coefficient (Wildman–Crippen LogP) is 5.69. The Morgan fingerprint density at radius 3 is 0.806 bits per heavy atom. The van der Waals surface area contributed by atoms with E-state index in [1.54, 1.807) is 14.7 Å². The fourth-order valence-electron chi connectivity index (χ4n) is 5.02. The molecule has 27 heteroatoms. The molecule has 67 heavy (non-hydrogen) atoms. The Kier molecular flexibility index (Phi) is 56.3. The van der Waals surface area contributed by atoms with E-state index in [0.29, 0.717) is 26.3 Å². The van der Waals surface area contributed by atoms with Gasteiger partial charge in [-0.2, -0.15) is 0 Å². The lowest BCUT2D eigenvalue weighted by atomic mass is 10.1. The number of likely N-dealkylation sites (tertiary alicyclic amines) is 2. The maximum atomic E-state index is 11.0. The maximum Gasteiger partial charge on any atom is 0.411 e. The highest BCUT2D eigenvalue weighted by atomic mass is 35.5. The number of halogens is 6. The average Bonchev–Trinajstić information content (AvgIpc) is 4.12. The summed E-state index contributed by atoms with van der Waals surface area (Å²) in [5.74, 6) is -1.03. The second kappa shape index (κ2) is 54.7. The lowest BCUT2D eigenvalue weighted by Crippen LogP contribution is -2.40. The molecule has 0 radical (unpaired) electrons. The number of ether oxygens (including phenoxy) is 9. The van der Waals surface area contributed by atoms with E-state index in [9.17, 15) is 28.8 Å². The molecule has 6 fully saturated rings. The molecule has 0 saturated carbocycles. The Morgan fingerprint density at radius 2 is 0.612 bits per heavy atom. The van der Waals surface area contributed by atoms with Crippen LogP contribution in [0.5, 0.6) is 0 Å². The van der Waals surface area contributed by atoms with Crippen molar-refractivity contribution in [3.05, 3.63) is 0 Å². The summed E-state index contributed by atoms with van der Waals surface area (Å²) in [6, 6.07) is -0.319. The van der Waals surface area contributed by atoms with E-state index in [2.05, 4.69) is 44.4 Å². The van der Waals surface area contributed by atoms with E-state index < -0.39 is 0 Å². The molecule has 3 amide bonds. The number of hydrogen-bond donors (Lipinski definition) is 3. The smallest absolute Gasteiger partial charge is 0.411 e. The van der Waals surface area contributed by atoms with Crippen LogP contribution in [0.2, 0.25) is 0 Å². The van der Waals surface area contributed by atoms with Gasteiger partial charge in [0.25, 0.3) is 0 Å². The molecule has 0 unspecified atom stereocenters. The number of alkyl halides is 6. The van der Waals surface area contributed by atoms with Crippen molar-refractivity contribution in [1.82, 2.24) is 30.7 Å². The third-order valence-electron chi connectivity index (χ3n) is 8.21. The molecular weight excluding hydrogens is 1020 g/mol. The van der Waals surface area contributed by atoms with Gasteiger partial charge in [-0.3, -0.25) is 14.4 Å². The Labute approximate surface area is 426 Å². The van der Waals surface area contributed by atoms with E-state index in [1.807, 2.05) is 0 Å². The first kappa shape index (κ1) is 69.0. The monoisotopic (exact) mass is 1090 g/mol. The quantitative estimate of drug-likeness (QED) is 0.165. The number of hydrogen-bond acceptors (Lipinski definition) is 18. The van der Waals surface area contributed by atoms with Crippen LogP contribution in [0.1, 0.15) is 65.7 Å². The lowest BCUT2D eigenvalue weighted by Gasteiger charge is -2.25. The predicted molar refractivity (Wildman–Crippen MR) is 257 cm³/mol. The van der Waals surface area contributed by atoms with Crippen molar-refractivity contribution in [3.63, 3.8) is 0 Å². The number of amides is 3. The number of nitrogens with one attached hydrogen (secondary N) is 3. The van der Waals surface area contributed by atoms with Crippen LogP contribution < -0.4 is 16.0 Å². The molecule has 21 nitrogen and oxygen atoms in total. The molecule has 0 spiro atoms. The van der Waals surface area contributed by atoms with Gasteiger partial charge in [0.1, 0.15) is 0 Å². The number of piperidine rings is 1. The van der Waals surface area contributed by atoms with E-state index in [4.69, 9.17) is 83.8 Å². The van der Waals surface area contributed by atoms with Crippen molar-refractivity contribution in [2.24, 2.45) is 0 Å². The van der Waals surface area contributed by atoms with Crippen LogP contribution in [0.25, 0.3) is 0 Å². The number of esters is 3. The molecule has 6 rings (SSSR count). The fourth-order valence-corrected chi connectivity index (χ4v) is 5.76. The van der Waals surface area contributed by atoms with Crippen LogP contribution in [0.3, 0.4) is 0 Å². The third kappa shape index (κ3) is 52.9. The molecule has 0 aromatic rings. The Bertz CT molecular complexity index is 1070. The third-order valence-corrected chi connectivity index (χ3v) is 8.86. The van der Waals surface area contributed by atoms with Gasteiger partial charge in [-0.15, -0.1) is 0 Å². The van der Waals surface area contributed by atoms with Gasteiger partial charge in [-0.25, -0.2) is 14.4 Å². The van der Waals surface area contributed by atoms with E-state index in [0.717, 1.165) is 104 Å². The number of nitrogens with zero attached hydrogens (tertiary/aromatic N) is 3. The largest absolute Gasteiger partial charge is 0.450 e. The van der Waals surface area contributed by atoms with Gasteiger partial charge in [-0.1, -0.05) is 69.6 Å².